The molecule has 0 saturated heterocycles. The summed E-state index contributed by atoms with van der Waals surface area (Å²) in [5.74, 6) is 1.14. The van der Waals surface area contributed by atoms with E-state index < -0.39 is 16.1 Å². The highest BCUT2D eigenvalue weighted by Gasteiger charge is 2.25. The number of rotatable bonds is 7. The quantitative estimate of drug-likeness (QED) is 0.705. The molecular formula is C17H20BrNO4S. The number of hydrogen-bond acceptors (Lipinski definition) is 4. The molecule has 130 valence electrons. The van der Waals surface area contributed by atoms with Crippen molar-refractivity contribution >= 4 is 26.0 Å². The molecule has 0 aliphatic rings. The van der Waals surface area contributed by atoms with Crippen LogP contribution in [0.25, 0.3) is 0 Å². The van der Waals surface area contributed by atoms with Gasteiger partial charge in [-0.2, -0.15) is 0 Å². The van der Waals surface area contributed by atoms with Crippen LogP contribution in [0.3, 0.4) is 0 Å². The van der Waals surface area contributed by atoms with Gasteiger partial charge in [0.25, 0.3) is 0 Å². The van der Waals surface area contributed by atoms with Crippen LogP contribution in [-0.2, 0) is 10.0 Å². The number of methoxy groups -OCH3 is 2. The van der Waals surface area contributed by atoms with Crippen molar-refractivity contribution in [1.29, 1.82) is 0 Å². The van der Waals surface area contributed by atoms with Crippen molar-refractivity contribution in [2.24, 2.45) is 0 Å². The lowest BCUT2D eigenvalue weighted by Crippen LogP contribution is -2.33. The van der Waals surface area contributed by atoms with E-state index in [2.05, 4.69) is 20.7 Å². The predicted octanol–water partition coefficient (Wildman–Crippen LogP) is 3.51. The molecular weight excluding hydrogens is 394 g/mol. The molecule has 7 heteroatoms. The van der Waals surface area contributed by atoms with Crippen molar-refractivity contribution in [1.82, 2.24) is 4.72 Å². The molecule has 2 atom stereocenters. The lowest BCUT2D eigenvalue weighted by atomic mass is 10.0. The minimum absolute atomic E-state index is 0.130. The standard InChI is InChI=1S/C17H20BrNO4S/c1-12(18)17(13-9-10-15(22-2)16(11-13)23-3)19-24(20,21)14-7-5-4-6-8-14/h4-12,17,19H,1-3H3. The largest absolute Gasteiger partial charge is 0.493 e. The number of ether oxygens (including phenoxy) is 2. The Morgan fingerprint density at radius 3 is 2.17 bits per heavy atom. The number of sulfonamides is 1. The highest BCUT2D eigenvalue weighted by Crippen LogP contribution is 2.33. The molecule has 0 saturated carbocycles. The van der Waals surface area contributed by atoms with E-state index >= 15 is 0 Å². The predicted molar refractivity (Wildman–Crippen MR) is 97.4 cm³/mol. The van der Waals surface area contributed by atoms with Gasteiger partial charge in [0, 0.05) is 4.83 Å². The van der Waals surface area contributed by atoms with Gasteiger partial charge in [0.15, 0.2) is 11.5 Å². The third-order valence-electron chi connectivity index (χ3n) is 3.56. The van der Waals surface area contributed by atoms with E-state index in [1.165, 1.54) is 0 Å². The highest BCUT2D eigenvalue weighted by atomic mass is 79.9. The van der Waals surface area contributed by atoms with Crippen LogP contribution in [0.1, 0.15) is 18.5 Å². The van der Waals surface area contributed by atoms with E-state index in [-0.39, 0.29) is 9.72 Å². The van der Waals surface area contributed by atoms with Gasteiger partial charge >= 0.3 is 0 Å². The van der Waals surface area contributed by atoms with Crippen LogP contribution in [0.2, 0.25) is 0 Å². The van der Waals surface area contributed by atoms with E-state index in [0.717, 1.165) is 5.56 Å². The summed E-state index contributed by atoms with van der Waals surface area (Å²) in [6.45, 7) is 1.88. The highest BCUT2D eigenvalue weighted by molar-refractivity contribution is 9.09. The van der Waals surface area contributed by atoms with Crippen LogP contribution in [0, 0.1) is 0 Å². The summed E-state index contributed by atoms with van der Waals surface area (Å²) in [5, 5.41) is 0. The molecule has 0 heterocycles. The Balaban J connectivity index is 2.37. The molecule has 2 unspecified atom stereocenters. The molecule has 0 fully saturated rings. The Morgan fingerprint density at radius 1 is 1.00 bits per heavy atom. The Morgan fingerprint density at radius 2 is 1.62 bits per heavy atom. The molecule has 0 bridgehead atoms. The number of nitrogens with one attached hydrogen (secondary N) is 1. The van der Waals surface area contributed by atoms with Crippen LogP contribution in [0.4, 0.5) is 0 Å². The van der Waals surface area contributed by atoms with Crippen LogP contribution in [0.15, 0.2) is 53.4 Å². The monoisotopic (exact) mass is 413 g/mol. The van der Waals surface area contributed by atoms with Gasteiger partial charge in [-0.05, 0) is 29.8 Å². The van der Waals surface area contributed by atoms with Gasteiger partial charge in [-0.15, -0.1) is 0 Å². The lowest BCUT2D eigenvalue weighted by Gasteiger charge is -2.22. The summed E-state index contributed by atoms with van der Waals surface area (Å²) in [6.07, 6.45) is 0. The molecule has 2 rings (SSSR count). The second-order valence-electron chi connectivity index (χ2n) is 5.20. The van der Waals surface area contributed by atoms with E-state index in [4.69, 9.17) is 9.47 Å². The van der Waals surface area contributed by atoms with Gasteiger partial charge in [-0.3, -0.25) is 0 Å². The first-order valence-electron chi connectivity index (χ1n) is 7.32. The van der Waals surface area contributed by atoms with Gasteiger partial charge in [0.2, 0.25) is 10.0 Å². The first-order valence-corrected chi connectivity index (χ1v) is 9.72. The fourth-order valence-corrected chi connectivity index (χ4v) is 4.25. The summed E-state index contributed by atoms with van der Waals surface area (Å²) >= 11 is 3.49. The molecule has 2 aromatic carbocycles. The summed E-state index contributed by atoms with van der Waals surface area (Å²) < 4.78 is 38.5. The molecule has 1 N–H and O–H groups in total. The zero-order valence-corrected chi connectivity index (χ0v) is 16.1. The Kier molecular flexibility index (Phi) is 6.26. The third-order valence-corrected chi connectivity index (χ3v) is 5.55. The summed E-state index contributed by atoms with van der Waals surface area (Å²) in [7, 11) is -0.540. The average Bonchev–Trinajstić information content (AvgIpc) is 2.59. The molecule has 0 aromatic heterocycles. The molecule has 0 aliphatic carbocycles. The topological polar surface area (TPSA) is 64.6 Å². The van der Waals surface area contributed by atoms with Gasteiger partial charge in [-0.1, -0.05) is 47.1 Å². The molecule has 0 radical (unpaired) electrons. The minimum Gasteiger partial charge on any atom is -0.493 e. The number of alkyl halides is 1. The van der Waals surface area contributed by atoms with Crippen molar-refractivity contribution in [2.75, 3.05) is 14.2 Å². The van der Waals surface area contributed by atoms with Crippen LogP contribution in [-0.4, -0.2) is 27.5 Å². The molecule has 2 aromatic rings. The van der Waals surface area contributed by atoms with Crippen LogP contribution < -0.4 is 14.2 Å². The molecule has 0 aliphatic heterocycles. The van der Waals surface area contributed by atoms with E-state index in [0.29, 0.717) is 11.5 Å². The van der Waals surface area contributed by atoms with Crippen molar-refractivity contribution in [3.63, 3.8) is 0 Å². The SMILES string of the molecule is COc1ccc(C(NS(=O)(=O)c2ccccc2)C(C)Br)cc1OC. The summed E-state index contributed by atoms with van der Waals surface area (Å²) in [6, 6.07) is 13.2. The molecule has 0 amide bonds. The first kappa shape index (κ1) is 18.8. The van der Waals surface area contributed by atoms with E-state index in [1.807, 2.05) is 13.0 Å². The van der Waals surface area contributed by atoms with Crippen LogP contribution in [0.5, 0.6) is 11.5 Å². The molecule has 5 nitrogen and oxygen atoms in total. The lowest BCUT2D eigenvalue weighted by molar-refractivity contribution is 0.354. The second kappa shape index (κ2) is 8.00. The van der Waals surface area contributed by atoms with Crippen molar-refractivity contribution in [3.05, 3.63) is 54.1 Å². The number of halogens is 1. The first-order chi connectivity index (χ1) is 11.4. The van der Waals surface area contributed by atoms with Crippen molar-refractivity contribution < 1.29 is 17.9 Å². The fraction of sp³-hybridized carbons (Fsp3) is 0.294. The maximum absolute atomic E-state index is 12.6. The summed E-state index contributed by atoms with van der Waals surface area (Å²) in [4.78, 5) is 0.0951. The average molecular weight is 414 g/mol. The molecule has 0 spiro atoms. The number of hydrogen-bond donors (Lipinski definition) is 1. The number of benzene rings is 2. The maximum Gasteiger partial charge on any atom is 0.241 e. The summed E-state index contributed by atoms with van der Waals surface area (Å²) in [5.41, 5.74) is 0.775. The Hall–Kier alpha value is -1.57. The minimum atomic E-state index is -3.64. The fourth-order valence-electron chi connectivity index (χ4n) is 2.31. The Bertz CT molecular complexity index is 778. The van der Waals surface area contributed by atoms with Gasteiger partial charge in [0.05, 0.1) is 25.2 Å². The normalized spacial score (nSPS) is 14.0. The second-order valence-corrected chi connectivity index (χ2v) is 8.36. The zero-order valence-electron chi connectivity index (χ0n) is 13.7. The van der Waals surface area contributed by atoms with Crippen LogP contribution >= 0.6 is 15.9 Å². The van der Waals surface area contributed by atoms with Gasteiger partial charge < -0.3 is 9.47 Å². The smallest absolute Gasteiger partial charge is 0.241 e. The van der Waals surface area contributed by atoms with Crippen molar-refractivity contribution in [3.8, 4) is 11.5 Å². The van der Waals surface area contributed by atoms with Gasteiger partial charge in [-0.25, -0.2) is 13.1 Å². The zero-order chi connectivity index (χ0) is 17.7. The Labute approximate surface area is 151 Å². The van der Waals surface area contributed by atoms with E-state index in [9.17, 15) is 8.42 Å². The third kappa shape index (κ3) is 4.28. The maximum atomic E-state index is 12.6. The van der Waals surface area contributed by atoms with Crippen molar-refractivity contribution in [2.45, 2.75) is 22.7 Å². The van der Waals surface area contributed by atoms with E-state index in [1.54, 1.807) is 56.7 Å². The molecule has 24 heavy (non-hydrogen) atoms. The van der Waals surface area contributed by atoms with Gasteiger partial charge in [0.1, 0.15) is 0 Å².